The number of hydrogen-bond acceptors (Lipinski definition) is 4. The molecular formula is C26H29F7N2O3. The van der Waals surface area contributed by atoms with Crippen molar-refractivity contribution in [3.05, 3.63) is 59.7 Å². The number of benzene rings is 2. The van der Waals surface area contributed by atoms with Crippen LogP contribution in [0.25, 0.3) is 0 Å². The van der Waals surface area contributed by atoms with Crippen LogP contribution in [0.15, 0.2) is 48.5 Å². The highest BCUT2D eigenvalue weighted by atomic mass is 19.4. The molecule has 3 atom stereocenters. The van der Waals surface area contributed by atoms with E-state index in [-0.39, 0.29) is 29.4 Å². The van der Waals surface area contributed by atoms with Crippen LogP contribution >= 0.6 is 0 Å². The zero-order valence-corrected chi connectivity index (χ0v) is 20.7. The number of carbonyl (C=O) groups is 1. The van der Waals surface area contributed by atoms with Crippen molar-refractivity contribution in [3.8, 4) is 5.75 Å². The summed E-state index contributed by atoms with van der Waals surface area (Å²) in [4.78, 5) is 13.4. The van der Waals surface area contributed by atoms with Gasteiger partial charge in [0.1, 0.15) is 5.75 Å². The summed E-state index contributed by atoms with van der Waals surface area (Å²) in [5.74, 6) is -12.9. The molecule has 12 heteroatoms. The third-order valence-corrected chi connectivity index (χ3v) is 6.72. The van der Waals surface area contributed by atoms with Crippen molar-refractivity contribution in [2.24, 2.45) is 0 Å². The molecule has 0 amide bonds. The van der Waals surface area contributed by atoms with E-state index in [0.29, 0.717) is 12.2 Å². The van der Waals surface area contributed by atoms with E-state index in [0.717, 1.165) is 24.8 Å². The van der Waals surface area contributed by atoms with Crippen LogP contribution in [0.1, 0.15) is 49.0 Å². The summed E-state index contributed by atoms with van der Waals surface area (Å²) in [6.45, 7) is 2.70. The van der Waals surface area contributed by atoms with E-state index in [1.165, 1.54) is 24.3 Å². The number of anilines is 1. The SMILES string of the molecule is CCC1CC(Nc2ccc(OCC(F)(F)C(F)(F)C(F)(F)F)cc2)CC(C)N1Cc1ccc(C(=O)O)cc1. The number of nitrogens with zero attached hydrogens (tertiary/aromatic N) is 1. The first-order valence-corrected chi connectivity index (χ1v) is 12.0. The van der Waals surface area contributed by atoms with Crippen molar-refractivity contribution >= 4 is 11.7 Å². The lowest BCUT2D eigenvalue weighted by Gasteiger charge is -2.44. The molecule has 0 spiro atoms. The lowest BCUT2D eigenvalue weighted by molar-refractivity contribution is -0.358. The summed E-state index contributed by atoms with van der Waals surface area (Å²) in [5, 5.41) is 12.4. The van der Waals surface area contributed by atoms with Crippen LogP contribution in [0.2, 0.25) is 0 Å². The van der Waals surface area contributed by atoms with Gasteiger partial charge in [-0.25, -0.2) is 4.79 Å². The molecule has 2 N–H and O–H groups in total. The third-order valence-electron chi connectivity index (χ3n) is 6.72. The third kappa shape index (κ3) is 6.69. The molecule has 1 aliphatic rings. The maximum Gasteiger partial charge on any atom is 0.460 e. The highest BCUT2D eigenvalue weighted by Crippen LogP contribution is 2.46. The van der Waals surface area contributed by atoms with Crippen LogP contribution in [-0.4, -0.2) is 58.7 Å². The summed E-state index contributed by atoms with van der Waals surface area (Å²) in [5.41, 5.74) is 1.84. The van der Waals surface area contributed by atoms with Gasteiger partial charge in [0, 0.05) is 30.4 Å². The Labute approximate surface area is 215 Å². The predicted molar refractivity (Wildman–Crippen MR) is 127 cm³/mol. The standard InChI is InChI=1S/C26H29F7N2O3/c1-3-21-13-20(12-16(2)35(21)14-17-4-6-18(7-5-17)23(36)37)34-19-8-10-22(11-9-19)38-15-24(27,28)25(29,30)26(31,32)33/h4-11,16,20-21,34H,3,12-15H2,1-2H3,(H,36,37). The second-order valence-electron chi connectivity index (χ2n) is 9.49. The fourth-order valence-corrected chi connectivity index (χ4v) is 4.59. The number of rotatable bonds is 10. The molecule has 0 aromatic heterocycles. The minimum absolute atomic E-state index is 0.0714. The largest absolute Gasteiger partial charge is 0.487 e. The molecule has 1 aliphatic heterocycles. The number of alkyl halides is 7. The number of nitrogens with one attached hydrogen (secondary N) is 1. The van der Waals surface area contributed by atoms with Gasteiger partial charge in [-0.1, -0.05) is 19.1 Å². The van der Waals surface area contributed by atoms with Crippen LogP contribution in [0, 0.1) is 0 Å². The summed E-state index contributed by atoms with van der Waals surface area (Å²) in [6, 6.07) is 12.7. The molecule has 1 heterocycles. The van der Waals surface area contributed by atoms with Crippen molar-refractivity contribution in [3.63, 3.8) is 0 Å². The number of carboxylic acid groups (broad SMARTS) is 1. The van der Waals surface area contributed by atoms with Gasteiger partial charge in [-0.05, 0) is 68.1 Å². The number of halogens is 7. The van der Waals surface area contributed by atoms with Crippen LogP contribution in [0.4, 0.5) is 36.4 Å². The fourth-order valence-electron chi connectivity index (χ4n) is 4.59. The number of ether oxygens (including phenoxy) is 1. The summed E-state index contributed by atoms with van der Waals surface area (Å²) >= 11 is 0. The molecular weight excluding hydrogens is 521 g/mol. The van der Waals surface area contributed by atoms with Gasteiger partial charge in [0.15, 0.2) is 6.61 Å². The summed E-state index contributed by atoms with van der Waals surface area (Å²) < 4.78 is 94.3. The molecule has 3 unspecified atom stereocenters. The van der Waals surface area contributed by atoms with Crippen LogP contribution in [0.3, 0.4) is 0 Å². The molecule has 3 rings (SSSR count). The molecule has 0 aliphatic carbocycles. The van der Waals surface area contributed by atoms with Gasteiger partial charge in [-0.3, -0.25) is 4.90 Å². The Balaban J connectivity index is 1.57. The van der Waals surface area contributed by atoms with Crippen LogP contribution in [-0.2, 0) is 6.54 Å². The Kier molecular flexibility index (Phi) is 8.85. The number of carboxylic acids is 1. The minimum Gasteiger partial charge on any atom is -0.487 e. The molecule has 0 bridgehead atoms. The molecule has 0 radical (unpaired) electrons. The van der Waals surface area contributed by atoms with Crippen molar-refractivity contribution < 1.29 is 45.4 Å². The highest BCUT2D eigenvalue weighted by molar-refractivity contribution is 5.87. The van der Waals surface area contributed by atoms with Gasteiger partial charge in [0.25, 0.3) is 0 Å². The van der Waals surface area contributed by atoms with E-state index in [9.17, 15) is 35.5 Å². The van der Waals surface area contributed by atoms with E-state index in [1.54, 1.807) is 24.3 Å². The van der Waals surface area contributed by atoms with E-state index >= 15 is 0 Å². The molecule has 210 valence electrons. The van der Waals surface area contributed by atoms with Crippen molar-refractivity contribution in [2.45, 2.75) is 75.8 Å². The van der Waals surface area contributed by atoms with E-state index in [4.69, 9.17) is 5.11 Å². The second kappa shape index (κ2) is 11.4. The maximum atomic E-state index is 13.5. The number of hydrogen-bond donors (Lipinski definition) is 2. The van der Waals surface area contributed by atoms with Gasteiger partial charge in [0.05, 0.1) is 5.56 Å². The molecule has 2 aromatic carbocycles. The smallest absolute Gasteiger partial charge is 0.460 e. The Hall–Kier alpha value is -3.02. The number of likely N-dealkylation sites (tertiary alicyclic amines) is 1. The Morgan fingerprint density at radius 3 is 2.13 bits per heavy atom. The van der Waals surface area contributed by atoms with Gasteiger partial charge < -0.3 is 15.2 Å². The fraction of sp³-hybridized carbons (Fsp3) is 0.500. The van der Waals surface area contributed by atoms with Crippen molar-refractivity contribution in [1.29, 1.82) is 0 Å². The van der Waals surface area contributed by atoms with Gasteiger partial charge in [-0.2, -0.15) is 30.7 Å². The second-order valence-corrected chi connectivity index (χ2v) is 9.49. The van der Waals surface area contributed by atoms with Gasteiger partial charge in [0.2, 0.25) is 0 Å². The summed E-state index contributed by atoms with van der Waals surface area (Å²) in [6.07, 6.45) is -3.95. The monoisotopic (exact) mass is 550 g/mol. The normalized spacial score (nSPS) is 21.2. The summed E-state index contributed by atoms with van der Waals surface area (Å²) in [7, 11) is 0. The van der Waals surface area contributed by atoms with Gasteiger partial charge >= 0.3 is 24.0 Å². The van der Waals surface area contributed by atoms with E-state index < -0.39 is 30.6 Å². The molecule has 1 fully saturated rings. The number of piperidine rings is 1. The topological polar surface area (TPSA) is 61.8 Å². The average molecular weight is 551 g/mol. The molecule has 38 heavy (non-hydrogen) atoms. The lowest BCUT2D eigenvalue weighted by atomic mass is 9.89. The van der Waals surface area contributed by atoms with Crippen molar-refractivity contribution in [1.82, 2.24) is 4.90 Å². The van der Waals surface area contributed by atoms with Gasteiger partial charge in [-0.15, -0.1) is 0 Å². The zero-order valence-electron chi connectivity index (χ0n) is 20.7. The molecule has 0 saturated carbocycles. The van der Waals surface area contributed by atoms with E-state index in [1.807, 2.05) is 0 Å². The first kappa shape index (κ1) is 29.5. The average Bonchev–Trinajstić information content (AvgIpc) is 2.84. The van der Waals surface area contributed by atoms with Crippen molar-refractivity contribution in [2.75, 3.05) is 11.9 Å². The maximum absolute atomic E-state index is 13.5. The Morgan fingerprint density at radius 1 is 1.00 bits per heavy atom. The zero-order chi connectivity index (χ0) is 28.3. The highest BCUT2D eigenvalue weighted by Gasteiger charge is 2.73. The minimum atomic E-state index is -6.40. The Morgan fingerprint density at radius 2 is 1.61 bits per heavy atom. The Bertz CT molecular complexity index is 1080. The quantitative estimate of drug-likeness (QED) is 0.317. The van der Waals surface area contributed by atoms with Crippen LogP contribution < -0.4 is 10.1 Å². The first-order valence-electron chi connectivity index (χ1n) is 12.0. The van der Waals surface area contributed by atoms with Crippen LogP contribution in [0.5, 0.6) is 5.75 Å². The molecule has 2 aromatic rings. The molecule has 1 saturated heterocycles. The number of aromatic carboxylic acids is 1. The lowest BCUT2D eigenvalue weighted by Crippen LogP contribution is -2.54. The predicted octanol–water partition coefficient (Wildman–Crippen LogP) is 6.84. The van der Waals surface area contributed by atoms with E-state index in [2.05, 4.69) is 28.8 Å². The molecule has 5 nitrogen and oxygen atoms in total. The first-order chi connectivity index (χ1) is 17.6.